The Bertz CT molecular complexity index is 635. The summed E-state index contributed by atoms with van der Waals surface area (Å²) in [6, 6.07) is 0. The molecule has 0 bridgehead atoms. The van der Waals surface area contributed by atoms with E-state index in [-0.39, 0.29) is 0 Å². The van der Waals surface area contributed by atoms with Gasteiger partial charge < -0.3 is 10.3 Å². The van der Waals surface area contributed by atoms with Crippen LogP contribution in [0.2, 0.25) is 0 Å². The molecule has 0 radical (unpaired) electrons. The molecule has 0 aliphatic heterocycles. The van der Waals surface area contributed by atoms with Gasteiger partial charge in [-0.15, -0.1) is 5.21 Å². The molecular formula is C8H11N11. The lowest BCUT2D eigenvalue weighted by atomic mass is 10.4. The smallest absolute Gasteiger partial charge is 0.240 e. The number of nitrogens with two attached hydrogens (primary N) is 1. The van der Waals surface area contributed by atoms with Crippen molar-refractivity contribution in [2.75, 3.05) is 5.73 Å². The second-order valence-electron chi connectivity index (χ2n) is 3.85. The molecule has 3 aromatic rings. The standard InChI is InChI=1S/C8H11N11/c9-7-10-15-16-19(7)3-1-2-17-4-5-18(6-17)8-11-13-14-12-8/h4-6H,1-3H2,(H2-,9,10,11,12,13,14,16). The fourth-order valence-corrected chi connectivity index (χ4v) is 1.66. The largest absolute Gasteiger partial charge is 0.367 e. The number of hydrogen-bond acceptors (Lipinski definition) is 7. The molecule has 0 fully saturated rings. The molecule has 0 spiro atoms. The fourth-order valence-electron chi connectivity index (χ4n) is 1.66. The molecule has 2 N–H and O–H groups in total. The normalized spacial score (nSPS) is 10.9. The highest BCUT2D eigenvalue weighted by molar-refractivity contribution is 5.09. The monoisotopic (exact) mass is 261 g/mol. The van der Waals surface area contributed by atoms with E-state index >= 15 is 0 Å². The molecule has 19 heavy (non-hydrogen) atoms. The van der Waals surface area contributed by atoms with E-state index in [1.165, 1.54) is 0 Å². The Balaban J connectivity index is 1.58. The first-order chi connectivity index (χ1) is 9.33. The van der Waals surface area contributed by atoms with E-state index in [1.54, 1.807) is 9.25 Å². The van der Waals surface area contributed by atoms with Gasteiger partial charge >= 0.3 is 0 Å². The lowest BCUT2D eigenvalue weighted by Gasteiger charge is -2.01. The lowest BCUT2D eigenvalue weighted by Crippen LogP contribution is -2.31. The van der Waals surface area contributed by atoms with Crippen LogP contribution in [-0.4, -0.2) is 40.3 Å². The topological polar surface area (TPSA) is 131 Å². The van der Waals surface area contributed by atoms with Gasteiger partial charge in [-0.2, -0.15) is 5.21 Å². The van der Waals surface area contributed by atoms with E-state index in [2.05, 4.69) is 36.1 Å². The number of nitrogen functional groups attached to an aromatic ring is 1. The SMILES string of the molecule is Nc1nnnn1CCC[n+]1ccn(-c2nnn[n-]2)c1. The minimum Gasteiger partial charge on any atom is -0.367 e. The van der Waals surface area contributed by atoms with Gasteiger partial charge in [0.25, 0.3) is 0 Å². The third-order valence-electron chi connectivity index (χ3n) is 2.58. The van der Waals surface area contributed by atoms with Gasteiger partial charge in [0.15, 0.2) is 0 Å². The molecule has 0 saturated heterocycles. The van der Waals surface area contributed by atoms with Gasteiger partial charge in [-0.1, -0.05) is 5.10 Å². The van der Waals surface area contributed by atoms with E-state index in [0.717, 1.165) is 13.0 Å². The van der Waals surface area contributed by atoms with Gasteiger partial charge in [0, 0.05) is 12.6 Å². The zero-order valence-corrected chi connectivity index (χ0v) is 9.90. The van der Waals surface area contributed by atoms with Crippen LogP contribution in [0.1, 0.15) is 6.42 Å². The molecular weight excluding hydrogens is 250 g/mol. The molecule has 0 aliphatic carbocycles. The van der Waals surface area contributed by atoms with Crippen molar-refractivity contribution in [1.82, 2.24) is 45.4 Å². The predicted octanol–water partition coefficient (Wildman–Crippen LogP) is -2.43. The van der Waals surface area contributed by atoms with Crippen LogP contribution in [0, 0.1) is 0 Å². The molecule has 98 valence electrons. The summed E-state index contributed by atoms with van der Waals surface area (Å²) in [5.74, 6) is 0.772. The number of hydrogen-bond donors (Lipinski definition) is 1. The first-order valence-electron chi connectivity index (χ1n) is 5.61. The number of aryl methyl sites for hydroxylation is 2. The van der Waals surface area contributed by atoms with E-state index in [9.17, 15) is 0 Å². The molecule has 0 aliphatic rings. The molecule has 0 unspecified atom stereocenters. The van der Waals surface area contributed by atoms with E-state index < -0.39 is 0 Å². The minimum absolute atomic E-state index is 0.324. The summed E-state index contributed by atoms with van der Waals surface area (Å²) in [7, 11) is 0. The number of imidazole rings is 1. The highest BCUT2D eigenvalue weighted by Gasteiger charge is 2.02. The van der Waals surface area contributed by atoms with Gasteiger partial charge in [-0.25, -0.2) is 9.78 Å². The van der Waals surface area contributed by atoms with Gasteiger partial charge in [0.2, 0.25) is 5.95 Å². The van der Waals surface area contributed by atoms with Crippen molar-refractivity contribution in [2.24, 2.45) is 0 Å². The van der Waals surface area contributed by atoms with Gasteiger partial charge in [0.05, 0.1) is 19.3 Å². The Morgan fingerprint density at radius 3 is 3.00 bits per heavy atom. The Kier molecular flexibility index (Phi) is 2.84. The minimum atomic E-state index is 0.324. The highest BCUT2D eigenvalue weighted by atomic mass is 15.6. The van der Waals surface area contributed by atoms with Gasteiger partial charge in [-0.05, 0) is 10.4 Å². The quantitative estimate of drug-likeness (QED) is 0.501. The molecule has 11 heteroatoms. The van der Waals surface area contributed by atoms with E-state index in [4.69, 9.17) is 5.73 Å². The van der Waals surface area contributed by atoms with Crippen LogP contribution in [0.15, 0.2) is 18.7 Å². The van der Waals surface area contributed by atoms with E-state index in [1.807, 2.05) is 23.3 Å². The number of aromatic nitrogens is 10. The molecule has 11 nitrogen and oxygen atoms in total. The van der Waals surface area contributed by atoms with Crippen molar-refractivity contribution in [2.45, 2.75) is 19.5 Å². The van der Waals surface area contributed by atoms with Crippen molar-refractivity contribution in [1.29, 1.82) is 0 Å². The number of rotatable bonds is 5. The third-order valence-corrected chi connectivity index (χ3v) is 2.58. The summed E-state index contributed by atoms with van der Waals surface area (Å²) in [6.45, 7) is 1.46. The predicted molar refractivity (Wildman–Crippen MR) is 59.5 cm³/mol. The van der Waals surface area contributed by atoms with Crippen LogP contribution in [-0.2, 0) is 13.1 Å². The number of tetrazole rings is 2. The van der Waals surface area contributed by atoms with Gasteiger partial charge in [-0.3, -0.25) is 9.67 Å². The van der Waals surface area contributed by atoms with Crippen LogP contribution in [0.3, 0.4) is 0 Å². The Hall–Kier alpha value is -2.85. The Morgan fingerprint density at radius 1 is 1.32 bits per heavy atom. The molecule has 0 saturated carbocycles. The molecule has 3 heterocycles. The first kappa shape index (κ1) is 11.3. The van der Waals surface area contributed by atoms with Crippen molar-refractivity contribution >= 4 is 5.95 Å². The maximum Gasteiger partial charge on any atom is 0.240 e. The van der Waals surface area contributed by atoms with Gasteiger partial charge in [0.1, 0.15) is 12.3 Å². The first-order valence-corrected chi connectivity index (χ1v) is 5.61. The maximum atomic E-state index is 5.57. The number of nitrogens with zero attached hydrogens (tertiary/aromatic N) is 10. The molecule has 0 amide bonds. The second kappa shape index (κ2) is 4.80. The number of anilines is 1. The molecule has 3 rings (SSSR count). The molecule has 0 aromatic carbocycles. The van der Waals surface area contributed by atoms with Crippen molar-refractivity contribution < 1.29 is 4.57 Å². The Labute approximate surface area is 107 Å². The summed E-state index contributed by atoms with van der Waals surface area (Å²) in [6.07, 6.45) is 6.47. The second-order valence-corrected chi connectivity index (χ2v) is 3.85. The molecule has 3 aromatic heterocycles. The highest BCUT2D eigenvalue weighted by Crippen LogP contribution is 1.96. The average Bonchev–Trinajstić information content (AvgIpc) is 3.11. The zero-order valence-electron chi connectivity index (χ0n) is 9.90. The van der Waals surface area contributed by atoms with Crippen LogP contribution in [0.4, 0.5) is 5.95 Å². The van der Waals surface area contributed by atoms with E-state index in [0.29, 0.717) is 18.4 Å². The zero-order chi connectivity index (χ0) is 13.1. The van der Waals surface area contributed by atoms with Crippen LogP contribution < -0.4 is 15.4 Å². The summed E-state index contributed by atoms with van der Waals surface area (Å²) in [5, 5.41) is 25.3. The third kappa shape index (κ3) is 2.38. The van der Waals surface area contributed by atoms with Crippen molar-refractivity contribution in [3.05, 3.63) is 18.7 Å². The lowest BCUT2D eigenvalue weighted by molar-refractivity contribution is -0.696. The van der Waals surface area contributed by atoms with Crippen LogP contribution >= 0.6 is 0 Å². The summed E-state index contributed by atoms with van der Waals surface area (Å²) < 4.78 is 5.30. The van der Waals surface area contributed by atoms with Crippen LogP contribution in [0.25, 0.3) is 5.95 Å². The summed E-state index contributed by atoms with van der Waals surface area (Å²) in [5.41, 5.74) is 5.57. The van der Waals surface area contributed by atoms with Crippen molar-refractivity contribution in [3.8, 4) is 5.95 Å². The maximum absolute atomic E-state index is 5.57. The molecule has 0 atom stereocenters. The van der Waals surface area contributed by atoms with Crippen LogP contribution in [0.5, 0.6) is 0 Å². The summed E-state index contributed by atoms with van der Waals surface area (Å²) in [4.78, 5) is 0. The summed E-state index contributed by atoms with van der Waals surface area (Å²) >= 11 is 0. The Morgan fingerprint density at radius 2 is 2.26 bits per heavy atom. The fraction of sp³-hybridized carbons (Fsp3) is 0.375. The van der Waals surface area contributed by atoms with Crippen molar-refractivity contribution in [3.63, 3.8) is 0 Å². The average molecular weight is 261 g/mol.